The van der Waals surface area contributed by atoms with Crippen LogP contribution in [0, 0.1) is 5.82 Å². The molecule has 0 bridgehead atoms. The van der Waals surface area contributed by atoms with Gasteiger partial charge in [-0.15, -0.1) is 0 Å². The Hall–Kier alpha value is -1.99. The lowest BCUT2D eigenvalue weighted by Gasteiger charge is -2.22. The molecule has 0 aromatic heterocycles. The van der Waals surface area contributed by atoms with E-state index in [2.05, 4.69) is 10.6 Å². The summed E-state index contributed by atoms with van der Waals surface area (Å²) in [5.41, 5.74) is 5.07. The molecule has 1 aliphatic heterocycles. The Morgan fingerprint density at radius 1 is 1.47 bits per heavy atom. The maximum absolute atomic E-state index is 13.3. The lowest BCUT2D eigenvalue weighted by atomic mass is 10.1. The predicted molar refractivity (Wildman–Crippen MR) is 66.2 cm³/mol. The zero-order valence-corrected chi connectivity index (χ0v) is 10.1. The Balaban J connectivity index is 2.08. The Morgan fingerprint density at radius 2 is 2.26 bits per heavy atom. The lowest BCUT2D eigenvalue weighted by molar-refractivity contribution is -0.128. The topological polar surface area (TPSA) is 93.5 Å². The molecule has 4 N–H and O–H groups in total. The molecule has 1 aromatic rings. The minimum Gasteiger partial charge on any atom is -0.366 e. The van der Waals surface area contributed by atoms with Gasteiger partial charge in [-0.2, -0.15) is 0 Å². The number of halogens is 1. The fourth-order valence-electron chi connectivity index (χ4n) is 1.75. The highest BCUT2D eigenvalue weighted by Gasteiger charge is 2.22. The number of hydrogen-bond donors (Lipinski definition) is 3. The summed E-state index contributed by atoms with van der Waals surface area (Å²) in [5.74, 6) is -1.96. The van der Waals surface area contributed by atoms with Crippen molar-refractivity contribution >= 4 is 17.5 Å². The second kappa shape index (κ2) is 5.77. The highest BCUT2D eigenvalue weighted by Crippen LogP contribution is 2.15. The zero-order chi connectivity index (χ0) is 13.8. The number of morpholine rings is 1. The third-order valence-electron chi connectivity index (χ3n) is 2.72. The van der Waals surface area contributed by atoms with E-state index in [-0.39, 0.29) is 11.5 Å². The summed E-state index contributed by atoms with van der Waals surface area (Å²) in [6.07, 6.45) is -0.601. The van der Waals surface area contributed by atoms with Crippen molar-refractivity contribution in [3.63, 3.8) is 0 Å². The minimum absolute atomic E-state index is 0.263. The molecule has 1 atom stereocenters. The summed E-state index contributed by atoms with van der Waals surface area (Å²) in [4.78, 5) is 22.8. The molecule has 0 aliphatic carbocycles. The van der Waals surface area contributed by atoms with Gasteiger partial charge in [-0.05, 0) is 18.2 Å². The van der Waals surface area contributed by atoms with Gasteiger partial charge < -0.3 is 21.1 Å². The Labute approximate surface area is 109 Å². The standard InChI is InChI=1S/C12H14FN3O3/c13-9-2-1-7(5-8(9)11(14)17)16-12(18)10-6-15-3-4-19-10/h1-2,5,10,15H,3-4,6H2,(H2,14,17)(H,16,18). The van der Waals surface area contributed by atoms with Crippen molar-refractivity contribution < 1.29 is 18.7 Å². The number of ether oxygens (including phenoxy) is 1. The van der Waals surface area contributed by atoms with Crippen LogP contribution in [0.15, 0.2) is 18.2 Å². The number of amides is 2. The second-order valence-electron chi connectivity index (χ2n) is 4.11. The van der Waals surface area contributed by atoms with E-state index < -0.39 is 17.8 Å². The van der Waals surface area contributed by atoms with Crippen molar-refractivity contribution in [2.75, 3.05) is 25.0 Å². The summed E-state index contributed by atoms with van der Waals surface area (Å²) in [6.45, 7) is 1.57. The monoisotopic (exact) mass is 267 g/mol. The van der Waals surface area contributed by atoms with E-state index in [1.807, 2.05) is 0 Å². The molecular formula is C12H14FN3O3. The van der Waals surface area contributed by atoms with Crippen LogP contribution in [0.1, 0.15) is 10.4 Å². The van der Waals surface area contributed by atoms with E-state index in [1.165, 1.54) is 12.1 Å². The van der Waals surface area contributed by atoms with E-state index >= 15 is 0 Å². The fraction of sp³-hybridized carbons (Fsp3) is 0.333. The van der Waals surface area contributed by atoms with Gasteiger partial charge >= 0.3 is 0 Å². The first-order valence-corrected chi connectivity index (χ1v) is 5.80. The van der Waals surface area contributed by atoms with Crippen LogP contribution in [0.2, 0.25) is 0 Å². The van der Waals surface area contributed by atoms with Crippen molar-refractivity contribution in [2.45, 2.75) is 6.10 Å². The second-order valence-corrected chi connectivity index (χ2v) is 4.11. The smallest absolute Gasteiger partial charge is 0.254 e. The first-order chi connectivity index (χ1) is 9.08. The summed E-state index contributed by atoms with van der Waals surface area (Å²) in [6, 6.07) is 3.64. The molecule has 0 radical (unpaired) electrons. The average Bonchev–Trinajstić information content (AvgIpc) is 2.41. The maximum Gasteiger partial charge on any atom is 0.254 e. The fourth-order valence-corrected chi connectivity index (χ4v) is 1.75. The van der Waals surface area contributed by atoms with Crippen LogP contribution in [0.3, 0.4) is 0 Å². The van der Waals surface area contributed by atoms with Crippen LogP contribution < -0.4 is 16.4 Å². The molecule has 7 heteroatoms. The number of rotatable bonds is 3. The van der Waals surface area contributed by atoms with Gasteiger partial charge in [-0.1, -0.05) is 0 Å². The van der Waals surface area contributed by atoms with Gasteiger partial charge in [0.05, 0.1) is 12.2 Å². The zero-order valence-electron chi connectivity index (χ0n) is 10.1. The average molecular weight is 267 g/mol. The molecule has 0 spiro atoms. The summed E-state index contributed by atoms with van der Waals surface area (Å²) in [7, 11) is 0. The van der Waals surface area contributed by atoms with Crippen molar-refractivity contribution in [2.24, 2.45) is 5.73 Å². The summed E-state index contributed by atoms with van der Waals surface area (Å²) >= 11 is 0. The molecule has 1 fully saturated rings. The van der Waals surface area contributed by atoms with Crippen LogP contribution in [0.5, 0.6) is 0 Å². The number of nitrogens with one attached hydrogen (secondary N) is 2. The molecule has 1 aromatic carbocycles. The van der Waals surface area contributed by atoms with E-state index in [0.29, 0.717) is 25.4 Å². The lowest BCUT2D eigenvalue weighted by Crippen LogP contribution is -2.45. The van der Waals surface area contributed by atoms with Crippen molar-refractivity contribution in [1.29, 1.82) is 0 Å². The Kier molecular flexibility index (Phi) is 4.08. The van der Waals surface area contributed by atoms with Crippen molar-refractivity contribution in [3.8, 4) is 0 Å². The van der Waals surface area contributed by atoms with Gasteiger partial charge in [0.2, 0.25) is 0 Å². The van der Waals surface area contributed by atoms with Crippen molar-refractivity contribution in [1.82, 2.24) is 5.32 Å². The van der Waals surface area contributed by atoms with Crippen molar-refractivity contribution in [3.05, 3.63) is 29.6 Å². The molecule has 102 valence electrons. The van der Waals surface area contributed by atoms with Crippen LogP contribution in [-0.4, -0.2) is 37.6 Å². The SMILES string of the molecule is NC(=O)c1cc(NC(=O)C2CNCCO2)ccc1F. The van der Waals surface area contributed by atoms with Gasteiger partial charge in [0.1, 0.15) is 11.9 Å². The Bertz CT molecular complexity index is 501. The van der Waals surface area contributed by atoms with Gasteiger partial charge in [0, 0.05) is 18.8 Å². The third kappa shape index (κ3) is 3.27. The quantitative estimate of drug-likeness (QED) is 0.710. The Morgan fingerprint density at radius 3 is 2.89 bits per heavy atom. The number of anilines is 1. The molecule has 1 heterocycles. The highest BCUT2D eigenvalue weighted by atomic mass is 19.1. The van der Waals surface area contributed by atoms with Gasteiger partial charge in [-0.25, -0.2) is 4.39 Å². The van der Waals surface area contributed by atoms with E-state index in [9.17, 15) is 14.0 Å². The summed E-state index contributed by atoms with van der Waals surface area (Å²) in [5, 5.41) is 5.58. The van der Waals surface area contributed by atoms with Crippen LogP contribution in [0.4, 0.5) is 10.1 Å². The number of hydrogen-bond acceptors (Lipinski definition) is 4. The first kappa shape index (κ1) is 13.4. The van der Waals surface area contributed by atoms with Gasteiger partial charge in [0.25, 0.3) is 11.8 Å². The first-order valence-electron chi connectivity index (χ1n) is 5.80. The van der Waals surface area contributed by atoms with Crippen LogP contribution in [-0.2, 0) is 9.53 Å². The molecule has 2 rings (SSSR count). The number of primary amides is 1. The maximum atomic E-state index is 13.3. The summed E-state index contributed by atoms with van der Waals surface area (Å²) < 4.78 is 18.5. The normalized spacial score (nSPS) is 18.9. The molecule has 1 unspecified atom stereocenters. The number of nitrogens with two attached hydrogens (primary N) is 1. The van der Waals surface area contributed by atoms with E-state index in [4.69, 9.17) is 10.5 Å². The number of benzene rings is 1. The molecule has 19 heavy (non-hydrogen) atoms. The molecule has 1 saturated heterocycles. The van der Waals surface area contributed by atoms with Gasteiger partial charge in [-0.3, -0.25) is 9.59 Å². The molecule has 0 saturated carbocycles. The van der Waals surface area contributed by atoms with Crippen LogP contribution >= 0.6 is 0 Å². The number of carbonyl (C=O) groups excluding carboxylic acids is 2. The molecule has 1 aliphatic rings. The minimum atomic E-state index is -0.885. The van der Waals surface area contributed by atoms with Gasteiger partial charge in [0.15, 0.2) is 0 Å². The molecule has 2 amide bonds. The highest BCUT2D eigenvalue weighted by molar-refractivity contribution is 5.97. The van der Waals surface area contributed by atoms with E-state index in [0.717, 1.165) is 6.07 Å². The third-order valence-corrected chi connectivity index (χ3v) is 2.72. The van der Waals surface area contributed by atoms with E-state index in [1.54, 1.807) is 0 Å². The largest absolute Gasteiger partial charge is 0.366 e. The molecule has 6 nitrogen and oxygen atoms in total. The predicted octanol–water partition coefficient (Wildman–Crippen LogP) is -0.149. The van der Waals surface area contributed by atoms with Crippen LogP contribution in [0.25, 0.3) is 0 Å². The molecular weight excluding hydrogens is 253 g/mol. The number of carbonyl (C=O) groups is 2.